The number of nitrogens with zero attached hydrogens (tertiary/aromatic N) is 5. The van der Waals surface area contributed by atoms with Crippen LogP contribution in [0.15, 0.2) is 30.3 Å². The van der Waals surface area contributed by atoms with Gasteiger partial charge >= 0.3 is 5.97 Å². The maximum Gasteiger partial charge on any atom is 0.302 e. The average molecular weight is 525 g/mol. The normalized spacial score (nSPS) is 20.2. The zero-order valence-corrected chi connectivity index (χ0v) is 22.0. The molecule has 0 saturated carbocycles. The largest absolute Gasteiger partial charge is 0.460 e. The second kappa shape index (κ2) is 10.7. The van der Waals surface area contributed by atoms with E-state index in [4.69, 9.17) is 4.74 Å². The van der Waals surface area contributed by atoms with Crippen LogP contribution in [0.25, 0.3) is 0 Å². The maximum absolute atomic E-state index is 13.7. The van der Waals surface area contributed by atoms with Crippen LogP contribution < -0.4 is 5.32 Å². The third-order valence-corrected chi connectivity index (χ3v) is 7.06. The minimum Gasteiger partial charge on any atom is -0.460 e. The molecule has 2 aromatic rings. The van der Waals surface area contributed by atoms with E-state index >= 15 is 0 Å². The number of hydrogen-bond donors (Lipinski definition) is 1. The van der Waals surface area contributed by atoms with Crippen molar-refractivity contribution in [1.82, 2.24) is 30.1 Å². The molecule has 2 saturated heterocycles. The van der Waals surface area contributed by atoms with E-state index in [1.165, 1.54) is 25.7 Å². The lowest BCUT2D eigenvalue weighted by Gasteiger charge is -2.50. The molecule has 0 aliphatic carbocycles. The smallest absolute Gasteiger partial charge is 0.302 e. The highest BCUT2D eigenvalue weighted by atomic mass is 16.5. The van der Waals surface area contributed by atoms with Crippen molar-refractivity contribution in [3.63, 3.8) is 0 Å². The van der Waals surface area contributed by atoms with E-state index in [1.807, 2.05) is 30.3 Å². The number of benzene rings is 1. The number of aromatic nitrogens is 3. The van der Waals surface area contributed by atoms with Gasteiger partial charge in [0.15, 0.2) is 5.78 Å². The Labute approximate surface area is 220 Å². The molecule has 1 aromatic carbocycles. The van der Waals surface area contributed by atoms with E-state index in [2.05, 4.69) is 15.6 Å². The molecule has 1 aromatic heterocycles. The van der Waals surface area contributed by atoms with Crippen molar-refractivity contribution in [3.8, 4) is 0 Å². The van der Waals surface area contributed by atoms with Gasteiger partial charge in [-0.25, -0.2) is 4.68 Å². The van der Waals surface area contributed by atoms with Crippen molar-refractivity contribution in [3.05, 3.63) is 47.3 Å². The number of amides is 3. The monoisotopic (exact) mass is 524 g/mol. The second-order valence-corrected chi connectivity index (χ2v) is 9.89. The van der Waals surface area contributed by atoms with Crippen LogP contribution in [-0.2, 0) is 30.5 Å². The third kappa shape index (κ3) is 5.15. The molecule has 12 heteroatoms. The highest BCUT2D eigenvalue weighted by molar-refractivity contribution is 6.03. The zero-order valence-electron chi connectivity index (χ0n) is 22.0. The van der Waals surface area contributed by atoms with Gasteiger partial charge in [0.05, 0.1) is 25.3 Å². The summed E-state index contributed by atoms with van der Waals surface area (Å²) in [5, 5.41) is 10.8. The number of Topliss-reactive ketones (excluding diaryl/α,β-unsaturated/α-hetero) is 1. The molecular weight excluding hydrogens is 492 g/mol. The van der Waals surface area contributed by atoms with Gasteiger partial charge in [0.25, 0.3) is 11.8 Å². The molecule has 3 atom stereocenters. The highest BCUT2D eigenvalue weighted by Gasteiger charge is 2.60. The van der Waals surface area contributed by atoms with Gasteiger partial charge in [-0.05, 0) is 39.2 Å². The molecule has 12 nitrogen and oxygen atoms in total. The Balaban J connectivity index is 1.44. The van der Waals surface area contributed by atoms with Gasteiger partial charge in [0.1, 0.15) is 23.4 Å². The van der Waals surface area contributed by atoms with E-state index in [1.54, 1.807) is 16.5 Å². The van der Waals surface area contributed by atoms with Gasteiger partial charge in [-0.3, -0.25) is 24.0 Å². The number of carbonyl (C=O) groups is 5. The molecule has 3 unspecified atom stereocenters. The molecule has 1 spiro atoms. The number of ketones is 1. The van der Waals surface area contributed by atoms with Crippen LogP contribution in [-0.4, -0.2) is 91.6 Å². The van der Waals surface area contributed by atoms with E-state index in [-0.39, 0.29) is 30.7 Å². The predicted molar refractivity (Wildman–Crippen MR) is 134 cm³/mol. The molecule has 202 valence electrons. The van der Waals surface area contributed by atoms with Crippen LogP contribution in [0, 0.1) is 6.92 Å². The predicted octanol–water partition coefficient (Wildman–Crippen LogP) is 0.477. The first-order chi connectivity index (χ1) is 18.0. The molecule has 3 heterocycles. The molecule has 0 radical (unpaired) electrons. The molecule has 2 fully saturated rings. The summed E-state index contributed by atoms with van der Waals surface area (Å²) >= 11 is 0. The fourth-order valence-electron chi connectivity index (χ4n) is 5.28. The summed E-state index contributed by atoms with van der Waals surface area (Å²) < 4.78 is 6.59. The first-order valence-electron chi connectivity index (χ1n) is 12.6. The van der Waals surface area contributed by atoms with Crippen molar-refractivity contribution in [1.29, 1.82) is 0 Å². The van der Waals surface area contributed by atoms with Crippen molar-refractivity contribution in [2.45, 2.75) is 64.8 Å². The zero-order chi connectivity index (χ0) is 27.6. The number of likely N-dealkylation sites (tertiary alicyclic amines) is 2. The molecule has 0 bridgehead atoms. The first-order valence-corrected chi connectivity index (χ1v) is 12.6. The lowest BCUT2D eigenvalue weighted by atomic mass is 9.85. The topological polar surface area (TPSA) is 144 Å². The Morgan fingerprint density at radius 1 is 1.16 bits per heavy atom. The maximum atomic E-state index is 13.7. The average Bonchev–Trinajstić information content (AvgIpc) is 3.47. The minimum absolute atomic E-state index is 0.203. The van der Waals surface area contributed by atoms with Gasteiger partial charge in [0, 0.05) is 13.5 Å². The second-order valence-electron chi connectivity index (χ2n) is 9.89. The Hall–Kier alpha value is -4.09. The van der Waals surface area contributed by atoms with E-state index in [0.717, 1.165) is 5.56 Å². The van der Waals surface area contributed by atoms with Gasteiger partial charge in [0.2, 0.25) is 5.91 Å². The fourth-order valence-corrected chi connectivity index (χ4v) is 5.28. The van der Waals surface area contributed by atoms with Crippen molar-refractivity contribution in [2.24, 2.45) is 0 Å². The number of nitrogens with one attached hydrogen (secondary N) is 1. The van der Waals surface area contributed by atoms with Gasteiger partial charge < -0.3 is 19.9 Å². The number of carbonyl (C=O) groups excluding carboxylic acids is 5. The Kier molecular flexibility index (Phi) is 7.61. The first kappa shape index (κ1) is 27.0. The van der Waals surface area contributed by atoms with Gasteiger partial charge in [-0.1, -0.05) is 35.5 Å². The Morgan fingerprint density at radius 3 is 2.50 bits per heavy atom. The van der Waals surface area contributed by atoms with Crippen molar-refractivity contribution < 1.29 is 28.7 Å². The summed E-state index contributed by atoms with van der Waals surface area (Å²) in [6.45, 7) is 6.44. The Bertz CT molecular complexity index is 1260. The van der Waals surface area contributed by atoms with Crippen LogP contribution in [0.1, 0.15) is 55.4 Å². The van der Waals surface area contributed by atoms with Crippen LogP contribution >= 0.6 is 0 Å². The number of aryl methyl sites for hydroxylation is 1. The lowest BCUT2D eigenvalue weighted by Crippen LogP contribution is -2.74. The molecule has 2 aliphatic rings. The summed E-state index contributed by atoms with van der Waals surface area (Å²) in [5.74, 6) is -2.12. The van der Waals surface area contributed by atoms with E-state index < -0.39 is 29.6 Å². The van der Waals surface area contributed by atoms with Crippen molar-refractivity contribution >= 4 is 29.5 Å². The highest BCUT2D eigenvalue weighted by Crippen LogP contribution is 2.39. The Morgan fingerprint density at radius 2 is 1.87 bits per heavy atom. The summed E-state index contributed by atoms with van der Waals surface area (Å²) in [7, 11) is 0. The lowest BCUT2D eigenvalue weighted by molar-refractivity contribution is -0.161. The molecule has 3 amide bonds. The van der Waals surface area contributed by atoms with Crippen LogP contribution in [0.2, 0.25) is 0 Å². The summed E-state index contributed by atoms with van der Waals surface area (Å²) in [5.41, 5.74) is 0.763. The molecule has 4 rings (SSSR count). The van der Waals surface area contributed by atoms with Crippen LogP contribution in [0.3, 0.4) is 0 Å². The van der Waals surface area contributed by atoms with E-state index in [9.17, 15) is 24.0 Å². The number of β-lactam (4-membered cyclic amide) rings is 1. The summed E-state index contributed by atoms with van der Waals surface area (Å²) in [6.07, 6.45) is 0.297. The third-order valence-electron chi connectivity index (χ3n) is 7.06. The van der Waals surface area contributed by atoms with Crippen LogP contribution in [0.4, 0.5) is 0 Å². The van der Waals surface area contributed by atoms with Gasteiger partial charge in [-0.15, -0.1) is 5.10 Å². The van der Waals surface area contributed by atoms with Crippen LogP contribution in [0.5, 0.6) is 0 Å². The quantitative estimate of drug-likeness (QED) is 0.368. The molecule has 2 aliphatic heterocycles. The van der Waals surface area contributed by atoms with E-state index in [0.29, 0.717) is 37.3 Å². The standard InChI is InChI=1S/C26H32N6O6/c1-16-23(32(29-28-16)13-20-9-6-5-7-10-20)24(36)31-12-8-11-26(31)15-30(25(26)37)14-21(35)27-22(17(2)33)18(3)38-19(4)34/h5-7,9-10,18,22H,8,11-15H2,1-4H3,(H,27,35). The molecular formula is C26H32N6O6. The number of esters is 1. The van der Waals surface area contributed by atoms with Crippen molar-refractivity contribution in [2.75, 3.05) is 19.6 Å². The SMILES string of the molecule is CC(=O)OC(C)C(NC(=O)CN1CC2(CCCN2C(=O)c2c(C)nnn2Cc2ccccc2)C1=O)C(C)=O. The summed E-state index contributed by atoms with van der Waals surface area (Å²) in [4.78, 5) is 65.9. The molecule has 1 N–H and O–H groups in total. The number of rotatable bonds is 9. The summed E-state index contributed by atoms with van der Waals surface area (Å²) in [6, 6.07) is 8.56. The fraction of sp³-hybridized carbons (Fsp3) is 0.500. The molecule has 38 heavy (non-hydrogen) atoms. The van der Waals surface area contributed by atoms with Gasteiger partial charge in [-0.2, -0.15) is 0 Å². The number of ether oxygens (including phenoxy) is 1. The number of hydrogen-bond acceptors (Lipinski definition) is 8. The minimum atomic E-state index is -1.03.